The Morgan fingerprint density at radius 2 is 1.77 bits per heavy atom. The number of hydrogen-bond acceptors (Lipinski definition) is 3. The minimum Gasteiger partial charge on any atom is -0.341 e. The molecule has 1 N–H and O–H groups in total. The monoisotopic (exact) mass is 582 g/mol. The van der Waals surface area contributed by atoms with Crippen LogP contribution in [0.3, 0.4) is 0 Å². The number of likely N-dealkylation sites (N-methyl/N-ethyl adjacent to an activating group) is 1. The summed E-state index contributed by atoms with van der Waals surface area (Å²) in [5.74, 6) is 0.0483. The standard InChI is InChI=1S/C32H33Cl3N2O2/c1-20-15-23(17-24(33)16-20)31(39)37(2)19-22(21-8-10-28(34)29(35)18-21)7-9-27-30(38)25-5-3-4-6-26(25)32(27)11-13-36-14-12-32/h3-6,8,10,15-18,22,27,36H,7,9,11-14,19H2,1-2H3/t22-,27?/m1/s1. The first-order chi connectivity index (χ1) is 18.7. The number of ketones is 1. The number of fused-ring (bicyclic) bond motifs is 2. The third-order valence-electron chi connectivity index (χ3n) is 8.56. The van der Waals surface area contributed by atoms with Crippen LogP contribution < -0.4 is 5.32 Å². The highest BCUT2D eigenvalue weighted by Crippen LogP contribution is 2.51. The van der Waals surface area contributed by atoms with E-state index in [1.54, 1.807) is 17.0 Å². The molecule has 5 rings (SSSR count). The van der Waals surface area contributed by atoms with Crippen molar-refractivity contribution in [2.45, 2.75) is 43.9 Å². The van der Waals surface area contributed by atoms with Crippen molar-refractivity contribution >= 4 is 46.5 Å². The van der Waals surface area contributed by atoms with Gasteiger partial charge in [0.25, 0.3) is 5.91 Å². The van der Waals surface area contributed by atoms with Crippen molar-refractivity contribution in [3.63, 3.8) is 0 Å². The zero-order valence-electron chi connectivity index (χ0n) is 22.3. The Balaban J connectivity index is 1.42. The number of nitrogens with zero attached hydrogens (tertiary/aromatic N) is 1. The van der Waals surface area contributed by atoms with Crippen LogP contribution >= 0.6 is 34.8 Å². The molecule has 2 aliphatic rings. The van der Waals surface area contributed by atoms with Crippen molar-refractivity contribution in [2.24, 2.45) is 5.92 Å². The first-order valence-electron chi connectivity index (χ1n) is 13.5. The summed E-state index contributed by atoms with van der Waals surface area (Å²) >= 11 is 18.9. The topological polar surface area (TPSA) is 49.4 Å². The quantitative estimate of drug-likeness (QED) is 0.310. The van der Waals surface area contributed by atoms with Gasteiger partial charge in [0.2, 0.25) is 0 Å². The maximum absolute atomic E-state index is 13.8. The van der Waals surface area contributed by atoms with Crippen molar-refractivity contribution in [1.82, 2.24) is 10.2 Å². The highest BCUT2D eigenvalue weighted by molar-refractivity contribution is 6.42. The zero-order chi connectivity index (χ0) is 27.7. The molecular formula is C32H33Cl3N2O2. The molecule has 0 saturated carbocycles. The summed E-state index contributed by atoms with van der Waals surface area (Å²) < 4.78 is 0. The Hall–Kier alpha value is -2.37. The zero-order valence-corrected chi connectivity index (χ0v) is 24.5. The van der Waals surface area contributed by atoms with E-state index in [4.69, 9.17) is 34.8 Å². The lowest BCUT2D eigenvalue weighted by Gasteiger charge is -2.40. The van der Waals surface area contributed by atoms with Gasteiger partial charge in [-0.05, 0) is 92.7 Å². The molecule has 4 nitrogen and oxygen atoms in total. The van der Waals surface area contributed by atoms with Crippen molar-refractivity contribution in [3.05, 3.63) is 104 Å². The third-order valence-corrected chi connectivity index (χ3v) is 9.51. The molecule has 0 bridgehead atoms. The second-order valence-corrected chi connectivity index (χ2v) is 12.3. The van der Waals surface area contributed by atoms with Crippen LogP contribution in [0.2, 0.25) is 15.1 Å². The number of benzene rings is 3. The average Bonchev–Trinajstić information content (AvgIpc) is 3.14. The van der Waals surface area contributed by atoms with E-state index in [1.165, 1.54) is 5.56 Å². The van der Waals surface area contributed by atoms with Crippen LogP contribution in [0.1, 0.15) is 69.0 Å². The van der Waals surface area contributed by atoms with E-state index >= 15 is 0 Å². The molecule has 1 unspecified atom stereocenters. The molecule has 1 saturated heterocycles. The van der Waals surface area contributed by atoms with Crippen molar-refractivity contribution < 1.29 is 9.59 Å². The van der Waals surface area contributed by atoms with E-state index in [2.05, 4.69) is 17.4 Å². The molecule has 204 valence electrons. The number of carbonyl (C=O) groups is 2. The normalized spacial score (nSPS) is 18.7. The molecule has 1 aliphatic heterocycles. The second-order valence-electron chi connectivity index (χ2n) is 11.0. The summed E-state index contributed by atoms with van der Waals surface area (Å²) in [6, 6.07) is 19.2. The fourth-order valence-electron chi connectivity index (χ4n) is 6.65. The number of hydrogen-bond donors (Lipinski definition) is 1. The van der Waals surface area contributed by atoms with Crippen LogP contribution in [-0.2, 0) is 5.41 Å². The first kappa shape index (κ1) is 28.2. The summed E-state index contributed by atoms with van der Waals surface area (Å²) in [6.45, 7) is 4.22. The Bertz CT molecular complexity index is 1380. The van der Waals surface area contributed by atoms with Gasteiger partial charge in [-0.1, -0.05) is 65.1 Å². The van der Waals surface area contributed by atoms with Gasteiger partial charge < -0.3 is 10.2 Å². The van der Waals surface area contributed by atoms with E-state index in [9.17, 15) is 9.59 Å². The van der Waals surface area contributed by atoms with E-state index in [1.807, 2.05) is 50.4 Å². The third kappa shape index (κ3) is 5.63. The van der Waals surface area contributed by atoms with Crippen LogP contribution in [0.15, 0.2) is 60.7 Å². The Morgan fingerprint density at radius 3 is 2.49 bits per heavy atom. The van der Waals surface area contributed by atoms with E-state index in [-0.39, 0.29) is 28.9 Å². The molecule has 1 fully saturated rings. The number of aryl methyl sites for hydroxylation is 1. The number of carbonyl (C=O) groups excluding carboxylic acids is 2. The molecule has 1 spiro atoms. The molecule has 3 aromatic rings. The Morgan fingerprint density at radius 1 is 1.03 bits per heavy atom. The summed E-state index contributed by atoms with van der Waals surface area (Å²) in [5.41, 5.74) is 4.45. The number of piperidine rings is 1. The van der Waals surface area contributed by atoms with Crippen molar-refractivity contribution in [2.75, 3.05) is 26.7 Å². The summed E-state index contributed by atoms with van der Waals surface area (Å²) in [5, 5.41) is 4.99. The molecule has 2 atom stereocenters. The Labute approximate surface area is 245 Å². The molecule has 1 amide bonds. The van der Waals surface area contributed by atoms with Crippen molar-refractivity contribution in [3.8, 4) is 0 Å². The fraction of sp³-hybridized carbons (Fsp3) is 0.375. The van der Waals surface area contributed by atoms with Gasteiger partial charge in [0.15, 0.2) is 5.78 Å². The lowest BCUT2D eigenvalue weighted by molar-refractivity contribution is 0.0770. The highest BCUT2D eigenvalue weighted by Gasteiger charge is 2.51. The van der Waals surface area contributed by atoms with Crippen LogP contribution in [0.4, 0.5) is 0 Å². The predicted octanol–water partition coefficient (Wildman–Crippen LogP) is 7.73. The SMILES string of the molecule is Cc1cc(Cl)cc(C(=O)N(C)C[C@@H](CCC2C(=O)c3ccccc3C23CCNCC3)c2ccc(Cl)c(Cl)c2)c1. The molecule has 0 radical (unpaired) electrons. The number of amides is 1. The van der Waals surface area contributed by atoms with E-state index in [0.29, 0.717) is 27.2 Å². The van der Waals surface area contributed by atoms with Gasteiger partial charge in [0.05, 0.1) is 10.0 Å². The van der Waals surface area contributed by atoms with Gasteiger partial charge >= 0.3 is 0 Å². The lowest BCUT2D eigenvalue weighted by atomic mass is 9.66. The van der Waals surface area contributed by atoms with Gasteiger partial charge in [-0.3, -0.25) is 9.59 Å². The van der Waals surface area contributed by atoms with E-state index < -0.39 is 0 Å². The summed E-state index contributed by atoms with van der Waals surface area (Å²) in [4.78, 5) is 28.9. The van der Waals surface area contributed by atoms with Crippen LogP contribution in [-0.4, -0.2) is 43.3 Å². The second kappa shape index (κ2) is 11.6. The molecular weight excluding hydrogens is 551 g/mol. The predicted molar refractivity (Wildman–Crippen MR) is 160 cm³/mol. The smallest absolute Gasteiger partial charge is 0.253 e. The lowest BCUT2D eigenvalue weighted by Crippen LogP contribution is -2.44. The minimum absolute atomic E-state index is 0.0238. The molecule has 3 aromatic carbocycles. The van der Waals surface area contributed by atoms with Gasteiger partial charge in [-0.15, -0.1) is 0 Å². The van der Waals surface area contributed by atoms with Crippen molar-refractivity contribution in [1.29, 1.82) is 0 Å². The molecule has 1 aliphatic carbocycles. The van der Waals surface area contributed by atoms with Gasteiger partial charge in [0, 0.05) is 47.0 Å². The van der Waals surface area contributed by atoms with Crippen LogP contribution in [0, 0.1) is 12.8 Å². The number of rotatable bonds is 7. The largest absolute Gasteiger partial charge is 0.341 e. The van der Waals surface area contributed by atoms with Gasteiger partial charge in [0.1, 0.15) is 0 Å². The van der Waals surface area contributed by atoms with Crippen LogP contribution in [0.5, 0.6) is 0 Å². The molecule has 0 aromatic heterocycles. The maximum Gasteiger partial charge on any atom is 0.253 e. The first-order valence-corrected chi connectivity index (χ1v) is 14.6. The van der Waals surface area contributed by atoms with Gasteiger partial charge in [-0.2, -0.15) is 0 Å². The summed E-state index contributed by atoms with van der Waals surface area (Å²) in [7, 11) is 1.81. The molecule has 1 heterocycles. The Kier molecular flexibility index (Phi) is 8.40. The minimum atomic E-state index is -0.138. The molecule has 7 heteroatoms. The van der Waals surface area contributed by atoms with Gasteiger partial charge in [-0.25, -0.2) is 0 Å². The number of nitrogens with one attached hydrogen (secondary N) is 1. The summed E-state index contributed by atoms with van der Waals surface area (Å²) in [6.07, 6.45) is 3.37. The highest BCUT2D eigenvalue weighted by atomic mass is 35.5. The van der Waals surface area contributed by atoms with E-state index in [0.717, 1.165) is 55.5 Å². The maximum atomic E-state index is 13.8. The van der Waals surface area contributed by atoms with Crippen LogP contribution in [0.25, 0.3) is 0 Å². The number of halogens is 3. The number of Topliss-reactive ketones (excluding diaryl/α,β-unsaturated/α-hetero) is 1. The molecule has 39 heavy (non-hydrogen) atoms. The fourth-order valence-corrected chi connectivity index (χ4v) is 7.24. The average molecular weight is 584 g/mol.